The first-order valence-corrected chi connectivity index (χ1v) is 11.0. The van der Waals surface area contributed by atoms with Crippen LogP contribution in [0.4, 0.5) is 15.3 Å². The molecule has 2 amide bonds. The van der Waals surface area contributed by atoms with Gasteiger partial charge in [0, 0.05) is 25.2 Å². The molecule has 2 N–H and O–H groups in total. The van der Waals surface area contributed by atoms with E-state index < -0.39 is 26.2 Å². The molecule has 0 atom stereocenters. The molecule has 1 aromatic carbocycles. The molecule has 1 heterocycles. The summed E-state index contributed by atoms with van der Waals surface area (Å²) in [6.45, 7) is 6.52. The molecule has 0 spiro atoms. The first-order valence-electron chi connectivity index (χ1n) is 9.18. The Balaban J connectivity index is 2.14. The molecule has 1 aromatic rings. The van der Waals surface area contributed by atoms with E-state index in [2.05, 4.69) is 4.74 Å². The number of carbonyl (C=O) groups excluding carboxylic acids is 3. The van der Waals surface area contributed by atoms with E-state index in [1.54, 1.807) is 9.80 Å². The number of benzene rings is 1. The Morgan fingerprint density at radius 1 is 1.18 bits per heavy atom. The van der Waals surface area contributed by atoms with Gasteiger partial charge in [0.1, 0.15) is 5.60 Å². The first kappa shape index (κ1) is 21.9. The van der Waals surface area contributed by atoms with Gasteiger partial charge >= 0.3 is 6.09 Å². The summed E-state index contributed by atoms with van der Waals surface area (Å²) in [5.74, 6) is -0.129. The van der Waals surface area contributed by atoms with Crippen LogP contribution in [-0.4, -0.2) is 57.3 Å². The minimum atomic E-state index is -1.87. The number of nitrogens with two attached hydrogens (primary N) is 1. The van der Waals surface area contributed by atoms with E-state index in [1.807, 2.05) is 45.0 Å². The topological polar surface area (TPSA) is 102 Å². The van der Waals surface area contributed by atoms with E-state index in [-0.39, 0.29) is 12.3 Å². The predicted octanol–water partition coefficient (Wildman–Crippen LogP) is 2.46. The van der Waals surface area contributed by atoms with Crippen molar-refractivity contribution in [3.8, 4) is 0 Å². The van der Waals surface area contributed by atoms with Gasteiger partial charge in [-0.15, -0.1) is 0 Å². The smallest absolute Gasteiger partial charge is 0.410 e. The maximum Gasteiger partial charge on any atom is 0.410 e. The van der Waals surface area contributed by atoms with Crippen molar-refractivity contribution in [2.45, 2.75) is 45.4 Å². The van der Waals surface area contributed by atoms with Crippen LogP contribution < -0.4 is 10.3 Å². The molecule has 0 fully saturated rings. The van der Waals surface area contributed by atoms with Gasteiger partial charge in [-0.25, -0.2) is 4.79 Å². The zero-order chi connectivity index (χ0) is 20.9. The fraction of sp³-hybridized carbons (Fsp3) is 0.526. The van der Waals surface area contributed by atoms with Crippen molar-refractivity contribution < 1.29 is 23.9 Å². The lowest BCUT2D eigenvalue weighted by Gasteiger charge is -2.26. The maximum atomic E-state index is 12.8. The summed E-state index contributed by atoms with van der Waals surface area (Å²) in [4.78, 5) is 40.1. The second-order valence-corrected chi connectivity index (χ2v) is 9.55. The molecule has 0 saturated carbocycles. The van der Waals surface area contributed by atoms with Gasteiger partial charge in [-0.1, -0.05) is 18.2 Å². The zero-order valence-corrected chi connectivity index (χ0v) is 17.9. The summed E-state index contributed by atoms with van der Waals surface area (Å²) in [6.07, 6.45) is -0.254. The number of carbonyl (C=O) groups is 3. The Kier molecular flexibility index (Phi) is 7.20. The van der Waals surface area contributed by atoms with Crippen LogP contribution in [0.5, 0.6) is 0 Å². The van der Waals surface area contributed by atoms with Crippen LogP contribution in [0.1, 0.15) is 32.8 Å². The average molecular weight is 407 g/mol. The minimum absolute atomic E-state index is 0.129. The predicted molar refractivity (Wildman–Crippen MR) is 107 cm³/mol. The third-order valence-electron chi connectivity index (χ3n) is 4.25. The number of nitrogens with zero attached hydrogens (tertiary/aromatic N) is 2. The molecular weight excluding hydrogens is 378 g/mol. The second-order valence-electron chi connectivity index (χ2n) is 7.59. The van der Waals surface area contributed by atoms with Crippen LogP contribution in [0, 0.1) is 0 Å². The monoisotopic (exact) mass is 406 g/mol. The standard InChI is InChI=1S/C19H28N3O5Si/c1-19(2,3)27-17(24)21-10-11-22(15-8-6-5-7-14(15)13-21)16(23)9-12-28(20)18(25)26-4/h5-8H,9-13,20H2,1-4H3. The Morgan fingerprint density at radius 3 is 2.50 bits per heavy atom. The maximum absolute atomic E-state index is 12.8. The number of ether oxygens (including phenoxy) is 2. The number of rotatable bonds is 4. The molecule has 0 aromatic heterocycles. The van der Waals surface area contributed by atoms with Crippen LogP contribution in [0.2, 0.25) is 6.04 Å². The number of anilines is 1. The van der Waals surface area contributed by atoms with Gasteiger partial charge in [-0.05, 0) is 38.4 Å². The number of fused-ring (bicyclic) bond motifs is 1. The molecule has 153 valence electrons. The highest BCUT2D eigenvalue weighted by Crippen LogP contribution is 2.26. The first-order chi connectivity index (χ1) is 13.1. The minimum Gasteiger partial charge on any atom is -0.472 e. The largest absolute Gasteiger partial charge is 0.472 e. The molecule has 0 bridgehead atoms. The van der Waals surface area contributed by atoms with Crippen molar-refractivity contribution >= 4 is 32.2 Å². The Morgan fingerprint density at radius 2 is 1.86 bits per heavy atom. The zero-order valence-electron chi connectivity index (χ0n) is 16.9. The van der Waals surface area contributed by atoms with Crippen molar-refractivity contribution in [2.75, 3.05) is 25.1 Å². The Hall–Kier alpha value is -2.39. The molecule has 0 unspecified atom stereocenters. The Labute approximate surface area is 167 Å². The van der Waals surface area contributed by atoms with Crippen LogP contribution in [0.15, 0.2) is 24.3 Å². The number of methoxy groups -OCH3 is 1. The molecule has 8 nitrogen and oxygen atoms in total. The molecule has 9 heteroatoms. The van der Waals surface area contributed by atoms with Crippen molar-refractivity contribution in [3.63, 3.8) is 0 Å². The van der Waals surface area contributed by atoms with Gasteiger partial charge in [0.2, 0.25) is 5.91 Å². The summed E-state index contributed by atoms with van der Waals surface area (Å²) in [7, 11) is -0.584. The van der Waals surface area contributed by atoms with E-state index in [1.165, 1.54) is 7.11 Å². The molecule has 1 aliphatic heterocycles. The van der Waals surface area contributed by atoms with Crippen molar-refractivity contribution in [3.05, 3.63) is 29.8 Å². The lowest BCUT2D eigenvalue weighted by atomic mass is 10.1. The SMILES string of the molecule is COC(=O)[Si](N)CCC(=O)N1CCN(C(=O)OC(C)(C)C)Cc2ccccc21. The lowest BCUT2D eigenvalue weighted by Crippen LogP contribution is -2.41. The summed E-state index contributed by atoms with van der Waals surface area (Å²) in [5, 5.41) is 5.84. The molecule has 1 radical (unpaired) electrons. The number of para-hydroxylation sites is 1. The molecule has 2 rings (SSSR count). The van der Waals surface area contributed by atoms with Crippen molar-refractivity contribution in [1.29, 1.82) is 0 Å². The number of hydrogen-bond donors (Lipinski definition) is 1. The van der Waals surface area contributed by atoms with E-state index in [4.69, 9.17) is 10.1 Å². The highest BCUT2D eigenvalue weighted by Gasteiger charge is 2.29. The highest BCUT2D eigenvalue weighted by molar-refractivity contribution is 6.86. The second kappa shape index (κ2) is 9.20. The molecule has 1 aliphatic rings. The fourth-order valence-electron chi connectivity index (χ4n) is 2.88. The quantitative estimate of drug-likeness (QED) is 0.771. The third kappa shape index (κ3) is 5.80. The van der Waals surface area contributed by atoms with E-state index in [0.717, 1.165) is 11.3 Å². The molecule has 0 saturated heterocycles. The molecule has 0 aliphatic carbocycles. The van der Waals surface area contributed by atoms with Gasteiger partial charge < -0.3 is 24.7 Å². The van der Waals surface area contributed by atoms with Gasteiger partial charge in [-0.3, -0.25) is 9.59 Å². The van der Waals surface area contributed by atoms with E-state index in [0.29, 0.717) is 25.7 Å². The van der Waals surface area contributed by atoms with Crippen LogP contribution >= 0.6 is 0 Å². The highest BCUT2D eigenvalue weighted by atomic mass is 28.3. The normalized spacial score (nSPS) is 14.4. The fourth-order valence-corrected chi connectivity index (χ4v) is 3.83. The number of amides is 2. The van der Waals surface area contributed by atoms with Gasteiger partial charge in [0.15, 0.2) is 0 Å². The number of hydrogen-bond acceptors (Lipinski definition) is 6. The molecule has 28 heavy (non-hydrogen) atoms. The van der Waals surface area contributed by atoms with Crippen LogP contribution in [0.25, 0.3) is 0 Å². The third-order valence-corrected chi connectivity index (χ3v) is 5.76. The molecular formula is C19H28N3O5Si. The summed E-state index contributed by atoms with van der Waals surface area (Å²) in [6, 6.07) is 7.78. The van der Waals surface area contributed by atoms with Gasteiger partial charge in [-0.2, -0.15) is 0 Å². The average Bonchev–Trinajstić information content (AvgIpc) is 2.83. The van der Waals surface area contributed by atoms with Gasteiger partial charge in [0.05, 0.1) is 13.7 Å². The van der Waals surface area contributed by atoms with E-state index in [9.17, 15) is 14.4 Å². The van der Waals surface area contributed by atoms with E-state index >= 15 is 0 Å². The lowest BCUT2D eigenvalue weighted by molar-refractivity contribution is -0.118. The van der Waals surface area contributed by atoms with Crippen LogP contribution in [0.3, 0.4) is 0 Å². The van der Waals surface area contributed by atoms with Crippen LogP contribution in [-0.2, 0) is 20.8 Å². The van der Waals surface area contributed by atoms with Crippen molar-refractivity contribution in [1.82, 2.24) is 4.90 Å². The Bertz CT molecular complexity index is 735. The summed E-state index contributed by atoms with van der Waals surface area (Å²) >= 11 is 0. The summed E-state index contributed by atoms with van der Waals surface area (Å²) < 4.78 is 10.1. The van der Waals surface area contributed by atoms with Crippen molar-refractivity contribution in [2.24, 2.45) is 5.40 Å². The van der Waals surface area contributed by atoms with Gasteiger partial charge in [0.25, 0.3) is 14.6 Å². The summed E-state index contributed by atoms with van der Waals surface area (Å²) in [5.41, 5.74) is 0.601.